The fraction of sp³-hybridized carbons (Fsp3) is 0.0625. The number of carbonyl (C=O) groups is 1. The number of ketones is 1. The second kappa shape index (κ2) is 5.37. The van der Waals surface area contributed by atoms with Crippen molar-refractivity contribution >= 4 is 42.6 Å². The Morgan fingerprint density at radius 1 is 1.00 bits per heavy atom. The number of carbonyl (C=O) groups excluding carboxylic acids is 1. The third kappa shape index (κ3) is 2.19. The van der Waals surface area contributed by atoms with E-state index in [1.165, 1.54) is 19.1 Å². The molecule has 3 rings (SSSR count). The Morgan fingerprint density at radius 2 is 1.59 bits per heavy atom. The van der Waals surface area contributed by atoms with Gasteiger partial charge in [0.15, 0.2) is 5.78 Å². The minimum Gasteiger partial charge on any atom is -0.293 e. The van der Waals surface area contributed by atoms with Crippen LogP contribution in [-0.4, -0.2) is 18.2 Å². The van der Waals surface area contributed by atoms with E-state index in [4.69, 9.17) is 0 Å². The third-order valence-electron chi connectivity index (χ3n) is 3.39. The van der Waals surface area contributed by atoms with Crippen molar-refractivity contribution < 1.29 is 13.2 Å². The zero-order chi connectivity index (χ0) is 15.9. The van der Waals surface area contributed by atoms with Crippen LogP contribution in [0.3, 0.4) is 0 Å². The Kier molecular flexibility index (Phi) is 3.66. The lowest BCUT2D eigenvalue weighted by Crippen LogP contribution is -2.17. The number of para-hydroxylation sites is 1. The predicted octanol–water partition coefficient (Wildman–Crippen LogP) is 3.84. The quantitative estimate of drug-likeness (QED) is 0.651. The van der Waals surface area contributed by atoms with E-state index in [0.29, 0.717) is 15.4 Å². The highest BCUT2D eigenvalue weighted by Gasteiger charge is 2.27. The van der Waals surface area contributed by atoms with Gasteiger partial charge in [-0.05, 0) is 34.1 Å². The minimum atomic E-state index is -3.85. The molecule has 3 aromatic rings. The van der Waals surface area contributed by atoms with E-state index in [2.05, 4.69) is 15.9 Å². The van der Waals surface area contributed by atoms with Crippen LogP contribution in [0.5, 0.6) is 0 Å². The molecule has 4 nitrogen and oxygen atoms in total. The molecule has 0 saturated carbocycles. The van der Waals surface area contributed by atoms with E-state index in [9.17, 15) is 13.2 Å². The number of hydrogen-bond donors (Lipinski definition) is 0. The summed E-state index contributed by atoms with van der Waals surface area (Å²) in [4.78, 5) is 12.2. The van der Waals surface area contributed by atoms with Gasteiger partial charge in [0.2, 0.25) is 0 Å². The summed E-state index contributed by atoms with van der Waals surface area (Å²) in [5.74, 6) is -0.317. The maximum atomic E-state index is 13.0. The summed E-state index contributed by atoms with van der Waals surface area (Å²) in [5, 5.41) is 0.687. The van der Waals surface area contributed by atoms with Crippen molar-refractivity contribution in [2.24, 2.45) is 0 Å². The average molecular weight is 378 g/mol. The van der Waals surface area contributed by atoms with Gasteiger partial charge in [-0.1, -0.05) is 36.4 Å². The van der Waals surface area contributed by atoms with Crippen LogP contribution < -0.4 is 0 Å². The van der Waals surface area contributed by atoms with Gasteiger partial charge in [0.1, 0.15) is 5.69 Å². The van der Waals surface area contributed by atoms with Gasteiger partial charge in [-0.3, -0.25) is 4.79 Å². The number of aromatic nitrogens is 1. The summed E-state index contributed by atoms with van der Waals surface area (Å²) in [6, 6.07) is 15.1. The van der Waals surface area contributed by atoms with Crippen LogP contribution in [0.15, 0.2) is 64.0 Å². The van der Waals surface area contributed by atoms with Gasteiger partial charge in [-0.2, -0.15) is 0 Å². The zero-order valence-corrected chi connectivity index (χ0v) is 14.1. The van der Waals surface area contributed by atoms with Crippen molar-refractivity contribution in [3.63, 3.8) is 0 Å². The van der Waals surface area contributed by atoms with Gasteiger partial charge < -0.3 is 0 Å². The summed E-state index contributed by atoms with van der Waals surface area (Å²) in [5.41, 5.74) is 0.605. The van der Waals surface area contributed by atoms with Crippen molar-refractivity contribution in [1.82, 2.24) is 3.97 Å². The smallest absolute Gasteiger partial charge is 0.268 e. The molecule has 0 aliphatic heterocycles. The van der Waals surface area contributed by atoms with Crippen LogP contribution in [-0.2, 0) is 10.0 Å². The fourth-order valence-electron chi connectivity index (χ4n) is 2.42. The lowest BCUT2D eigenvalue weighted by Gasteiger charge is -2.10. The molecule has 22 heavy (non-hydrogen) atoms. The predicted molar refractivity (Wildman–Crippen MR) is 88.7 cm³/mol. The van der Waals surface area contributed by atoms with Crippen LogP contribution in [0.2, 0.25) is 0 Å². The fourth-order valence-corrected chi connectivity index (χ4v) is 4.92. The Hall–Kier alpha value is -1.92. The number of nitrogens with zero attached hydrogens (tertiary/aromatic N) is 1. The standard InChI is InChI=1S/C16H12BrNO3S/c1-11(19)16-15(17)13-9-5-6-10-14(13)18(16)22(20,21)12-7-3-2-4-8-12/h2-10H,1H3. The summed E-state index contributed by atoms with van der Waals surface area (Å²) in [6.07, 6.45) is 0. The Morgan fingerprint density at radius 3 is 2.23 bits per heavy atom. The van der Waals surface area contributed by atoms with E-state index in [-0.39, 0.29) is 16.4 Å². The molecule has 0 atom stereocenters. The molecule has 2 aromatic carbocycles. The average Bonchev–Trinajstić information content (AvgIpc) is 2.82. The van der Waals surface area contributed by atoms with Crippen molar-refractivity contribution in [3.8, 4) is 0 Å². The molecule has 112 valence electrons. The normalized spacial score (nSPS) is 11.7. The highest BCUT2D eigenvalue weighted by Crippen LogP contribution is 2.34. The molecule has 1 aromatic heterocycles. The minimum absolute atomic E-state index is 0.130. The van der Waals surface area contributed by atoms with E-state index < -0.39 is 10.0 Å². The number of Topliss-reactive ketones (excluding diaryl/α,β-unsaturated/α-hetero) is 1. The molecule has 0 N–H and O–H groups in total. The molecule has 1 heterocycles. The van der Waals surface area contributed by atoms with E-state index in [1.807, 2.05) is 0 Å². The molecule has 0 fully saturated rings. The van der Waals surface area contributed by atoms with Gasteiger partial charge >= 0.3 is 0 Å². The first kappa shape index (κ1) is 15.0. The van der Waals surface area contributed by atoms with Crippen LogP contribution in [0, 0.1) is 0 Å². The molecule has 0 saturated heterocycles. The molecular weight excluding hydrogens is 366 g/mol. The molecule has 0 bridgehead atoms. The molecule has 0 aliphatic rings. The highest BCUT2D eigenvalue weighted by atomic mass is 79.9. The zero-order valence-electron chi connectivity index (χ0n) is 11.7. The van der Waals surface area contributed by atoms with Gasteiger partial charge in [0.05, 0.1) is 14.9 Å². The van der Waals surface area contributed by atoms with Crippen molar-refractivity contribution in [2.75, 3.05) is 0 Å². The van der Waals surface area contributed by atoms with Crippen molar-refractivity contribution in [1.29, 1.82) is 0 Å². The Balaban J connectivity index is 2.45. The first-order valence-corrected chi connectivity index (χ1v) is 8.78. The molecule has 0 spiro atoms. The molecular formula is C16H12BrNO3S. The first-order chi connectivity index (χ1) is 10.4. The second-order valence-corrected chi connectivity index (χ2v) is 7.40. The first-order valence-electron chi connectivity index (χ1n) is 6.55. The van der Waals surface area contributed by atoms with E-state index in [0.717, 1.165) is 3.97 Å². The van der Waals surface area contributed by atoms with Crippen LogP contribution in [0.4, 0.5) is 0 Å². The highest BCUT2D eigenvalue weighted by molar-refractivity contribution is 9.10. The maximum Gasteiger partial charge on any atom is 0.268 e. The molecule has 0 amide bonds. The lowest BCUT2D eigenvalue weighted by atomic mass is 10.2. The summed E-state index contributed by atoms with van der Waals surface area (Å²) in [7, 11) is -3.85. The van der Waals surface area contributed by atoms with Crippen LogP contribution in [0.25, 0.3) is 10.9 Å². The monoisotopic (exact) mass is 377 g/mol. The van der Waals surface area contributed by atoms with Gasteiger partial charge in [-0.15, -0.1) is 0 Å². The molecule has 0 unspecified atom stereocenters. The second-order valence-electron chi connectivity index (χ2n) is 4.82. The number of halogens is 1. The number of fused-ring (bicyclic) bond motifs is 1. The van der Waals surface area contributed by atoms with Gasteiger partial charge in [-0.25, -0.2) is 12.4 Å². The molecule has 0 radical (unpaired) electrons. The van der Waals surface area contributed by atoms with Crippen LogP contribution in [0.1, 0.15) is 17.4 Å². The maximum absolute atomic E-state index is 13.0. The van der Waals surface area contributed by atoms with Crippen LogP contribution >= 0.6 is 15.9 Å². The summed E-state index contributed by atoms with van der Waals surface area (Å²) >= 11 is 3.36. The largest absolute Gasteiger partial charge is 0.293 e. The Labute approximate surface area is 136 Å². The van der Waals surface area contributed by atoms with Crippen molar-refractivity contribution in [3.05, 3.63) is 64.8 Å². The summed E-state index contributed by atoms with van der Waals surface area (Å²) < 4.78 is 27.6. The number of hydrogen-bond acceptors (Lipinski definition) is 3. The van der Waals surface area contributed by atoms with E-state index >= 15 is 0 Å². The number of benzene rings is 2. The lowest BCUT2D eigenvalue weighted by molar-refractivity contribution is 0.101. The van der Waals surface area contributed by atoms with Crippen molar-refractivity contribution in [2.45, 2.75) is 11.8 Å². The van der Waals surface area contributed by atoms with Gasteiger partial charge in [0.25, 0.3) is 10.0 Å². The Bertz CT molecular complexity index is 975. The van der Waals surface area contributed by atoms with Gasteiger partial charge in [0, 0.05) is 12.3 Å². The third-order valence-corrected chi connectivity index (χ3v) is 5.92. The van der Waals surface area contributed by atoms with E-state index in [1.54, 1.807) is 42.5 Å². The molecule has 6 heteroatoms. The summed E-state index contributed by atoms with van der Waals surface area (Å²) in [6.45, 7) is 1.36. The number of rotatable bonds is 3. The topological polar surface area (TPSA) is 56.1 Å². The molecule has 0 aliphatic carbocycles. The SMILES string of the molecule is CC(=O)c1c(Br)c2ccccc2n1S(=O)(=O)c1ccccc1.